The number of unbranched alkanes of at least 4 members (excludes halogenated alkanes) is 14. The maximum absolute atomic E-state index is 11.4. The van der Waals surface area contributed by atoms with Gasteiger partial charge in [0.1, 0.15) is 20.2 Å². The second kappa shape index (κ2) is 23.1. The van der Waals surface area contributed by atoms with Gasteiger partial charge in [-0.25, -0.2) is 16.8 Å². The molecule has 4 rings (SSSR count). The molecule has 0 unspecified atom stereocenters. The summed E-state index contributed by atoms with van der Waals surface area (Å²) in [6.07, 6.45) is 22.1. The first kappa shape index (κ1) is 43.6. The summed E-state index contributed by atoms with van der Waals surface area (Å²) in [6.45, 7) is 4.46. The largest absolute Gasteiger partial charge is 2.00 e. The SMILES string of the molecule is CCCCCCCCCCc1ccc(S(=O)(=O)[O-])c2ccccc12.CCCCCCCCCCc1ccc(S(=O)(=O)[O-])c2ccccc12.[Ca+2]. The molecule has 0 aromatic heterocycles. The molecule has 0 aliphatic heterocycles. The van der Waals surface area contributed by atoms with Crippen molar-refractivity contribution < 1.29 is 25.9 Å². The fourth-order valence-electron chi connectivity index (χ4n) is 6.44. The molecule has 0 atom stereocenters. The van der Waals surface area contributed by atoms with E-state index in [4.69, 9.17) is 0 Å². The van der Waals surface area contributed by atoms with E-state index in [0.29, 0.717) is 10.8 Å². The summed E-state index contributed by atoms with van der Waals surface area (Å²) in [4.78, 5) is -0.226. The van der Waals surface area contributed by atoms with E-state index in [2.05, 4.69) is 13.8 Å². The smallest absolute Gasteiger partial charge is 0.744 e. The molecule has 264 valence electrons. The molecular weight excluding hydrogens is 681 g/mol. The molecular formula is C40H54CaO6S2. The normalized spacial score (nSPS) is 11.7. The van der Waals surface area contributed by atoms with Gasteiger partial charge >= 0.3 is 37.7 Å². The van der Waals surface area contributed by atoms with Crippen molar-refractivity contribution >= 4 is 79.5 Å². The van der Waals surface area contributed by atoms with E-state index in [0.717, 1.165) is 47.6 Å². The van der Waals surface area contributed by atoms with Gasteiger partial charge in [-0.15, -0.1) is 0 Å². The van der Waals surface area contributed by atoms with E-state index in [1.807, 2.05) is 24.3 Å². The Labute approximate surface area is 326 Å². The molecule has 9 heteroatoms. The van der Waals surface area contributed by atoms with Gasteiger partial charge in [-0.3, -0.25) is 0 Å². The molecule has 0 N–H and O–H groups in total. The summed E-state index contributed by atoms with van der Waals surface area (Å²) in [6, 6.07) is 21.1. The molecule has 0 heterocycles. The summed E-state index contributed by atoms with van der Waals surface area (Å²) < 4.78 is 68.5. The summed E-state index contributed by atoms with van der Waals surface area (Å²) >= 11 is 0. The van der Waals surface area contributed by atoms with Gasteiger partial charge < -0.3 is 9.11 Å². The van der Waals surface area contributed by atoms with Gasteiger partial charge in [-0.2, -0.15) is 0 Å². The van der Waals surface area contributed by atoms with Crippen LogP contribution in [0.2, 0.25) is 0 Å². The molecule has 6 nitrogen and oxygen atoms in total. The van der Waals surface area contributed by atoms with E-state index < -0.39 is 20.2 Å². The second-order valence-corrected chi connectivity index (χ2v) is 15.6. The van der Waals surface area contributed by atoms with Crippen molar-refractivity contribution in [2.75, 3.05) is 0 Å². The summed E-state index contributed by atoms with van der Waals surface area (Å²) in [5.74, 6) is 0. The first-order chi connectivity index (χ1) is 23.1. The van der Waals surface area contributed by atoms with Gasteiger partial charge in [-0.05, 0) is 70.5 Å². The van der Waals surface area contributed by atoms with Crippen LogP contribution in [0.5, 0.6) is 0 Å². The van der Waals surface area contributed by atoms with Gasteiger partial charge in [0.25, 0.3) is 0 Å². The Morgan fingerprint density at radius 1 is 0.408 bits per heavy atom. The summed E-state index contributed by atoms with van der Waals surface area (Å²) in [5.41, 5.74) is 2.26. The minimum atomic E-state index is -4.44. The van der Waals surface area contributed by atoms with Crippen molar-refractivity contribution in [3.8, 4) is 0 Å². The van der Waals surface area contributed by atoms with Crippen molar-refractivity contribution in [1.29, 1.82) is 0 Å². The maximum atomic E-state index is 11.4. The van der Waals surface area contributed by atoms with Crippen molar-refractivity contribution in [2.24, 2.45) is 0 Å². The number of rotatable bonds is 20. The van der Waals surface area contributed by atoms with E-state index in [1.54, 1.807) is 36.4 Å². The van der Waals surface area contributed by atoms with Crippen LogP contribution in [0.25, 0.3) is 21.5 Å². The Balaban J connectivity index is 0.000000333. The molecule has 0 radical (unpaired) electrons. The molecule has 0 aliphatic rings. The van der Waals surface area contributed by atoms with Crippen LogP contribution in [-0.2, 0) is 33.1 Å². The standard InChI is InChI=1S/2C20H28O3S.Ca/c2*1-2-3-4-5-6-7-8-9-12-17-15-16-20(24(21,22)23)19-14-11-10-13-18(17)19;/h2*10-11,13-16H,2-9,12H2,1H3,(H,21,22,23);/q;;+2/p-2. The van der Waals surface area contributed by atoms with Gasteiger partial charge in [0.05, 0.1) is 9.79 Å². The van der Waals surface area contributed by atoms with Crippen LogP contribution in [0.15, 0.2) is 82.6 Å². The molecule has 0 saturated heterocycles. The van der Waals surface area contributed by atoms with Crippen molar-refractivity contribution in [3.05, 3.63) is 83.9 Å². The fourth-order valence-corrected chi connectivity index (χ4v) is 7.80. The Hall–Kier alpha value is -1.52. The van der Waals surface area contributed by atoms with Crippen LogP contribution in [0.4, 0.5) is 0 Å². The third kappa shape index (κ3) is 14.9. The zero-order valence-electron chi connectivity index (χ0n) is 29.6. The maximum Gasteiger partial charge on any atom is 2.00 e. The predicted molar refractivity (Wildman–Crippen MR) is 202 cm³/mol. The van der Waals surface area contributed by atoms with E-state index >= 15 is 0 Å². The number of benzene rings is 4. The first-order valence-electron chi connectivity index (χ1n) is 18.0. The average Bonchev–Trinajstić information content (AvgIpc) is 3.06. The Morgan fingerprint density at radius 3 is 1.00 bits per heavy atom. The minimum absolute atomic E-state index is 0. The van der Waals surface area contributed by atoms with Crippen LogP contribution in [0, 0.1) is 0 Å². The third-order valence-electron chi connectivity index (χ3n) is 9.09. The van der Waals surface area contributed by atoms with Gasteiger partial charge in [0, 0.05) is 0 Å². The van der Waals surface area contributed by atoms with Crippen LogP contribution in [-0.4, -0.2) is 63.7 Å². The third-order valence-corrected chi connectivity index (χ3v) is 10.9. The fraction of sp³-hybridized carbons (Fsp3) is 0.500. The molecule has 0 fully saturated rings. The molecule has 0 amide bonds. The van der Waals surface area contributed by atoms with Crippen LogP contribution < -0.4 is 0 Å². The molecule has 4 aromatic carbocycles. The number of hydrogen-bond donors (Lipinski definition) is 0. The van der Waals surface area contributed by atoms with Crippen LogP contribution in [0.3, 0.4) is 0 Å². The quantitative estimate of drug-likeness (QED) is 0.0507. The first-order valence-corrected chi connectivity index (χ1v) is 20.8. The van der Waals surface area contributed by atoms with E-state index in [1.165, 1.54) is 102 Å². The molecule has 0 saturated carbocycles. The number of hydrogen-bond acceptors (Lipinski definition) is 6. The van der Waals surface area contributed by atoms with Gasteiger partial charge in [-0.1, -0.05) is 164 Å². The minimum Gasteiger partial charge on any atom is -0.744 e. The van der Waals surface area contributed by atoms with E-state index in [9.17, 15) is 25.9 Å². The van der Waals surface area contributed by atoms with Crippen molar-refractivity contribution in [2.45, 2.75) is 139 Å². The van der Waals surface area contributed by atoms with Crippen molar-refractivity contribution in [3.63, 3.8) is 0 Å². The number of aryl methyl sites for hydroxylation is 2. The van der Waals surface area contributed by atoms with Gasteiger partial charge in [0.15, 0.2) is 0 Å². The van der Waals surface area contributed by atoms with Crippen LogP contribution >= 0.6 is 0 Å². The second-order valence-electron chi connectivity index (χ2n) is 12.9. The van der Waals surface area contributed by atoms with E-state index in [-0.39, 0.29) is 47.5 Å². The molecule has 49 heavy (non-hydrogen) atoms. The zero-order chi connectivity index (χ0) is 34.8. The Kier molecular flexibility index (Phi) is 20.6. The molecule has 4 aromatic rings. The monoisotopic (exact) mass is 734 g/mol. The Morgan fingerprint density at radius 2 is 0.694 bits per heavy atom. The predicted octanol–water partition coefficient (Wildman–Crippen LogP) is 10.5. The van der Waals surface area contributed by atoms with Crippen LogP contribution in [0.1, 0.15) is 128 Å². The van der Waals surface area contributed by atoms with Crippen molar-refractivity contribution in [1.82, 2.24) is 0 Å². The average molecular weight is 735 g/mol. The zero-order valence-corrected chi connectivity index (χ0v) is 33.5. The number of fused-ring (bicyclic) bond motifs is 2. The summed E-state index contributed by atoms with van der Waals surface area (Å²) in [5, 5.41) is 2.86. The Bertz CT molecular complexity index is 1640. The summed E-state index contributed by atoms with van der Waals surface area (Å²) in [7, 11) is -8.87. The molecule has 0 aliphatic carbocycles. The van der Waals surface area contributed by atoms with Gasteiger partial charge in [0.2, 0.25) is 0 Å². The molecule has 0 spiro atoms. The molecule has 0 bridgehead atoms. The topological polar surface area (TPSA) is 114 Å².